The Labute approximate surface area is 135 Å². The van der Waals surface area contributed by atoms with Crippen LogP contribution in [0, 0.1) is 5.92 Å². The van der Waals surface area contributed by atoms with E-state index in [4.69, 9.17) is 10.7 Å². The number of fused-ring (bicyclic) bond motifs is 1. The molecule has 1 saturated heterocycles. The number of rotatable bonds is 3. The van der Waals surface area contributed by atoms with Crippen LogP contribution < -0.4 is 10.6 Å². The fourth-order valence-electron chi connectivity index (χ4n) is 3.20. The van der Waals surface area contributed by atoms with Crippen LogP contribution in [-0.2, 0) is 6.42 Å². The van der Waals surface area contributed by atoms with E-state index < -0.39 is 0 Å². The summed E-state index contributed by atoms with van der Waals surface area (Å²) < 4.78 is 0. The molecule has 3 aromatic rings. The van der Waals surface area contributed by atoms with Gasteiger partial charge in [-0.1, -0.05) is 18.2 Å². The minimum Gasteiger partial charge on any atom is -0.384 e. The van der Waals surface area contributed by atoms with Gasteiger partial charge < -0.3 is 10.6 Å². The van der Waals surface area contributed by atoms with Crippen molar-refractivity contribution in [1.29, 1.82) is 0 Å². The van der Waals surface area contributed by atoms with Crippen molar-refractivity contribution in [1.82, 2.24) is 15.0 Å². The van der Waals surface area contributed by atoms with Gasteiger partial charge in [-0.05, 0) is 42.5 Å². The Morgan fingerprint density at radius 1 is 1.04 bits per heavy atom. The summed E-state index contributed by atoms with van der Waals surface area (Å²) in [7, 11) is 0. The van der Waals surface area contributed by atoms with Crippen LogP contribution in [0.2, 0.25) is 0 Å². The molecule has 1 fully saturated rings. The summed E-state index contributed by atoms with van der Waals surface area (Å²) >= 11 is 0. The predicted molar refractivity (Wildman–Crippen MR) is 92.2 cm³/mol. The molecule has 0 bridgehead atoms. The lowest BCUT2D eigenvalue weighted by molar-refractivity contribution is 0.585. The monoisotopic (exact) mass is 305 g/mol. The van der Waals surface area contributed by atoms with Crippen molar-refractivity contribution in [3.05, 3.63) is 54.4 Å². The van der Waals surface area contributed by atoms with Gasteiger partial charge in [-0.2, -0.15) is 0 Å². The summed E-state index contributed by atoms with van der Waals surface area (Å²) in [5.74, 6) is 2.17. The van der Waals surface area contributed by atoms with E-state index in [-0.39, 0.29) is 0 Å². The van der Waals surface area contributed by atoms with Crippen LogP contribution in [0.3, 0.4) is 0 Å². The van der Waals surface area contributed by atoms with E-state index >= 15 is 0 Å². The smallest absolute Gasteiger partial charge is 0.147 e. The first kappa shape index (κ1) is 13.9. The average Bonchev–Trinajstić information content (AvgIpc) is 3.05. The summed E-state index contributed by atoms with van der Waals surface area (Å²) in [6.45, 7) is 2.04. The van der Waals surface area contributed by atoms with Gasteiger partial charge in [-0.25, -0.2) is 9.97 Å². The number of hydrogen-bond acceptors (Lipinski definition) is 5. The lowest BCUT2D eigenvalue weighted by atomic mass is 10.00. The highest BCUT2D eigenvalue weighted by Crippen LogP contribution is 2.25. The third kappa shape index (κ3) is 2.95. The first-order valence-corrected chi connectivity index (χ1v) is 7.95. The molecule has 0 saturated carbocycles. The number of nitrogens with zero attached hydrogens (tertiary/aromatic N) is 4. The van der Waals surface area contributed by atoms with Gasteiger partial charge in [0.05, 0.1) is 17.2 Å². The Kier molecular flexibility index (Phi) is 3.54. The Balaban J connectivity index is 1.47. The molecule has 5 heteroatoms. The van der Waals surface area contributed by atoms with Crippen LogP contribution in [0.4, 0.5) is 11.6 Å². The average molecular weight is 305 g/mol. The van der Waals surface area contributed by atoms with E-state index in [1.807, 2.05) is 42.7 Å². The summed E-state index contributed by atoms with van der Waals surface area (Å²) in [5.41, 5.74) is 8.79. The zero-order valence-electron chi connectivity index (χ0n) is 12.9. The van der Waals surface area contributed by atoms with Crippen molar-refractivity contribution >= 4 is 22.7 Å². The predicted octanol–water partition coefficient (Wildman–Crippen LogP) is 2.68. The third-order valence-electron chi connectivity index (χ3n) is 4.42. The molecule has 116 valence electrons. The number of hydrogen-bond donors (Lipinski definition) is 1. The van der Waals surface area contributed by atoms with Crippen molar-refractivity contribution in [2.45, 2.75) is 12.8 Å². The fourth-order valence-corrected chi connectivity index (χ4v) is 3.20. The molecule has 0 aliphatic carbocycles. The highest BCUT2D eigenvalue weighted by atomic mass is 15.2. The minimum atomic E-state index is 0.577. The second-order valence-electron chi connectivity index (χ2n) is 6.11. The largest absolute Gasteiger partial charge is 0.384 e. The van der Waals surface area contributed by atoms with Crippen molar-refractivity contribution in [2.75, 3.05) is 23.7 Å². The van der Waals surface area contributed by atoms with E-state index in [2.05, 4.69) is 20.9 Å². The SMILES string of the molecule is Nc1ccc(CC2CCN(c3cnc4ccccc4n3)C2)cn1. The van der Waals surface area contributed by atoms with Gasteiger partial charge in [0.15, 0.2) is 0 Å². The van der Waals surface area contributed by atoms with E-state index in [9.17, 15) is 0 Å². The summed E-state index contributed by atoms with van der Waals surface area (Å²) in [4.78, 5) is 15.8. The van der Waals surface area contributed by atoms with Gasteiger partial charge in [-0.15, -0.1) is 0 Å². The van der Waals surface area contributed by atoms with E-state index in [1.54, 1.807) is 0 Å². The second kappa shape index (κ2) is 5.83. The van der Waals surface area contributed by atoms with Gasteiger partial charge in [0, 0.05) is 19.3 Å². The quantitative estimate of drug-likeness (QED) is 0.805. The number of benzene rings is 1. The molecule has 0 radical (unpaired) electrons. The van der Waals surface area contributed by atoms with Crippen LogP contribution in [0.15, 0.2) is 48.8 Å². The van der Waals surface area contributed by atoms with Crippen LogP contribution in [0.5, 0.6) is 0 Å². The first-order valence-electron chi connectivity index (χ1n) is 7.95. The maximum Gasteiger partial charge on any atom is 0.147 e. The van der Waals surface area contributed by atoms with Crippen LogP contribution in [0.25, 0.3) is 11.0 Å². The summed E-state index contributed by atoms with van der Waals surface area (Å²) in [6.07, 6.45) is 5.97. The number of anilines is 2. The molecule has 0 spiro atoms. The highest BCUT2D eigenvalue weighted by molar-refractivity contribution is 5.75. The first-order chi connectivity index (χ1) is 11.3. The molecule has 3 heterocycles. The van der Waals surface area contributed by atoms with Gasteiger partial charge in [0.2, 0.25) is 0 Å². The minimum absolute atomic E-state index is 0.577. The topological polar surface area (TPSA) is 67.9 Å². The van der Waals surface area contributed by atoms with E-state index in [0.717, 1.165) is 36.4 Å². The van der Waals surface area contributed by atoms with Crippen molar-refractivity contribution < 1.29 is 0 Å². The van der Waals surface area contributed by atoms with Gasteiger partial charge >= 0.3 is 0 Å². The van der Waals surface area contributed by atoms with Crippen molar-refractivity contribution in [3.63, 3.8) is 0 Å². The number of nitrogen functional groups attached to an aromatic ring is 1. The fraction of sp³-hybridized carbons (Fsp3) is 0.278. The molecule has 5 nitrogen and oxygen atoms in total. The molecule has 1 unspecified atom stereocenters. The zero-order chi connectivity index (χ0) is 15.6. The zero-order valence-corrected chi connectivity index (χ0v) is 12.9. The molecule has 2 N–H and O–H groups in total. The Morgan fingerprint density at radius 2 is 1.91 bits per heavy atom. The van der Waals surface area contributed by atoms with E-state index in [1.165, 1.54) is 12.0 Å². The van der Waals surface area contributed by atoms with E-state index in [0.29, 0.717) is 11.7 Å². The molecule has 1 atom stereocenters. The molecular formula is C18H19N5. The Bertz CT molecular complexity index is 815. The number of pyridine rings is 1. The van der Waals surface area contributed by atoms with Crippen LogP contribution in [-0.4, -0.2) is 28.0 Å². The standard InChI is InChI=1S/C18H19N5/c19-17-6-5-13(10-21-17)9-14-7-8-23(12-14)18-11-20-15-3-1-2-4-16(15)22-18/h1-6,10-11,14H,7-9,12H2,(H2,19,21). The molecule has 1 aliphatic rings. The van der Waals surface area contributed by atoms with Crippen molar-refractivity contribution in [2.24, 2.45) is 5.92 Å². The Hall–Kier alpha value is -2.69. The normalized spacial score (nSPS) is 17.7. The molecule has 1 aliphatic heterocycles. The van der Waals surface area contributed by atoms with Gasteiger partial charge in [0.25, 0.3) is 0 Å². The number of nitrogens with two attached hydrogens (primary N) is 1. The molecule has 23 heavy (non-hydrogen) atoms. The number of para-hydroxylation sites is 2. The number of aromatic nitrogens is 3. The lowest BCUT2D eigenvalue weighted by Gasteiger charge is -2.17. The molecule has 4 rings (SSSR count). The lowest BCUT2D eigenvalue weighted by Crippen LogP contribution is -2.21. The highest BCUT2D eigenvalue weighted by Gasteiger charge is 2.24. The third-order valence-corrected chi connectivity index (χ3v) is 4.42. The Morgan fingerprint density at radius 3 is 2.74 bits per heavy atom. The summed E-state index contributed by atoms with van der Waals surface area (Å²) in [6, 6.07) is 11.9. The van der Waals surface area contributed by atoms with Crippen LogP contribution >= 0.6 is 0 Å². The maximum atomic E-state index is 5.64. The molecule has 2 aromatic heterocycles. The second-order valence-corrected chi connectivity index (χ2v) is 6.11. The maximum absolute atomic E-state index is 5.64. The van der Waals surface area contributed by atoms with Gasteiger partial charge in [0.1, 0.15) is 11.6 Å². The van der Waals surface area contributed by atoms with Crippen molar-refractivity contribution in [3.8, 4) is 0 Å². The molecule has 1 aromatic carbocycles. The molecule has 0 amide bonds. The summed E-state index contributed by atoms with van der Waals surface area (Å²) in [5, 5.41) is 0. The van der Waals surface area contributed by atoms with Gasteiger partial charge in [-0.3, -0.25) is 4.98 Å². The molecular weight excluding hydrogens is 286 g/mol. The van der Waals surface area contributed by atoms with Crippen LogP contribution in [0.1, 0.15) is 12.0 Å².